The van der Waals surface area contributed by atoms with Crippen LogP contribution in [0, 0.1) is 23.7 Å². The summed E-state index contributed by atoms with van der Waals surface area (Å²) < 4.78 is 85.6. The van der Waals surface area contributed by atoms with Crippen molar-refractivity contribution in [1.82, 2.24) is 4.90 Å². The third-order valence-electron chi connectivity index (χ3n) is 8.78. The molecule has 2 aromatic rings. The Balaban J connectivity index is 1.73. The number of aldehydes is 1. The van der Waals surface area contributed by atoms with Crippen LogP contribution in [-0.4, -0.2) is 41.5 Å². The van der Waals surface area contributed by atoms with Gasteiger partial charge in [0.25, 0.3) is 0 Å². The zero-order valence-electron chi connectivity index (χ0n) is 26.1. The van der Waals surface area contributed by atoms with Crippen LogP contribution >= 0.6 is 0 Å². The number of anilines is 1. The van der Waals surface area contributed by atoms with E-state index in [4.69, 9.17) is 0 Å². The largest absolute Gasteiger partial charge is 0.417 e. The number of carbonyl (C=O) groups is 4. The van der Waals surface area contributed by atoms with Crippen LogP contribution in [0.15, 0.2) is 36.4 Å². The molecule has 4 rings (SSSR count). The number of alkyl halides is 6. The van der Waals surface area contributed by atoms with Crippen LogP contribution in [0.1, 0.15) is 71.1 Å². The zero-order valence-corrected chi connectivity index (χ0v) is 26.1. The van der Waals surface area contributed by atoms with Crippen LogP contribution in [0.25, 0.3) is 11.1 Å². The second-order valence-electron chi connectivity index (χ2n) is 13.9. The molecule has 2 aliphatic rings. The number of rotatable bonds is 4. The van der Waals surface area contributed by atoms with Crippen molar-refractivity contribution in [3.8, 4) is 11.1 Å². The molecule has 0 N–H and O–H groups in total. The number of halogens is 6. The molecule has 45 heavy (non-hydrogen) atoms. The predicted octanol–water partition coefficient (Wildman–Crippen LogP) is 7.28. The van der Waals surface area contributed by atoms with Crippen LogP contribution < -0.4 is 4.90 Å². The number of likely N-dealkylation sites (tertiary alicyclic amines) is 1. The van der Waals surface area contributed by atoms with E-state index in [1.54, 1.807) is 41.5 Å². The molecule has 2 fully saturated rings. The number of imide groups is 1. The molecule has 1 saturated carbocycles. The Morgan fingerprint density at radius 2 is 1.29 bits per heavy atom. The van der Waals surface area contributed by atoms with E-state index in [0.29, 0.717) is 17.9 Å². The number of carbonyl (C=O) groups excluding carboxylic acids is 4. The lowest BCUT2D eigenvalue weighted by molar-refractivity contribution is -0.145. The van der Waals surface area contributed by atoms with Gasteiger partial charge in [-0.2, -0.15) is 26.3 Å². The van der Waals surface area contributed by atoms with Gasteiger partial charge in [-0.15, -0.1) is 0 Å². The first-order chi connectivity index (χ1) is 20.5. The van der Waals surface area contributed by atoms with Gasteiger partial charge in [-0.05, 0) is 73.9 Å². The van der Waals surface area contributed by atoms with E-state index in [1.165, 1.54) is 13.1 Å². The summed E-state index contributed by atoms with van der Waals surface area (Å²) in [5, 5.41) is 0. The Bertz CT molecular complexity index is 1530. The Hall–Kier alpha value is -3.70. The van der Waals surface area contributed by atoms with Crippen LogP contribution in [0.2, 0.25) is 0 Å². The molecule has 3 amide bonds. The van der Waals surface area contributed by atoms with Crippen LogP contribution in [-0.2, 0) is 36.9 Å². The summed E-state index contributed by atoms with van der Waals surface area (Å²) in [5.41, 5.74) is -5.44. The molecule has 1 aliphatic heterocycles. The fraction of sp³-hybridized carbons (Fsp3) is 0.515. The monoisotopic (exact) mass is 638 g/mol. The molecule has 0 radical (unpaired) electrons. The Kier molecular flexibility index (Phi) is 8.56. The first-order valence-corrected chi connectivity index (χ1v) is 14.5. The molecule has 12 heteroatoms. The first-order valence-electron chi connectivity index (χ1n) is 14.5. The van der Waals surface area contributed by atoms with E-state index in [2.05, 4.69) is 0 Å². The van der Waals surface area contributed by atoms with Crippen molar-refractivity contribution in [3.63, 3.8) is 0 Å². The molecule has 1 saturated heterocycles. The van der Waals surface area contributed by atoms with Crippen LogP contribution in [0.4, 0.5) is 32.0 Å². The van der Waals surface area contributed by atoms with Crippen molar-refractivity contribution in [1.29, 1.82) is 0 Å². The highest BCUT2D eigenvalue weighted by atomic mass is 19.4. The van der Waals surface area contributed by atoms with Crippen molar-refractivity contribution in [2.24, 2.45) is 23.7 Å². The number of hydrogen-bond donors (Lipinski definition) is 0. The average Bonchev–Trinajstić information content (AvgIpc) is 3.18. The van der Waals surface area contributed by atoms with Gasteiger partial charge < -0.3 is 9.69 Å². The minimum atomic E-state index is -5.09. The molecule has 244 valence electrons. The number of fused-ring (bicyclic) bond motifs is 1. The summed E-state index contributed by atoms with van der Waals surface area (Å²) in [6.07, 6.45) is -9.72. The molecule has 0 spiro atoms. The van der Waals surface area contributed by atoms with Gasteiger partial charge in [-0.3, -0.25) is 19.3 Å². The topological polar surface area (TPSA) is 74.8 Å². The fourth-order valence-corrected chi connectivity index (χ4v) is 6.38. The summed E-state index contributed by atoms with van der Waals surface area (Å²) in [4.78, 5) is 54.0. The summed E-state index contributed by atoms with van der Waals surface area (Å²) in [5.74, 6) is -5.35. The molecule has 6 nitrogen and oxygen atoms in total. The van der Waals surface area contributed by atoms with Gasteiger partial charge in [-0.1, -0.05) is 39.0 Å². The predicted molar refractivity (Wildman–Crippen MR) is 155 cm³/mol. The molecular weight excluding hydrogens is 602 g/mol. The van der Waals surface area contributed by atoms with Gasteiger partial charge in [-0.25, -0.2) is 0 Å². The van der Waals surface area contributed by atoms with Gasteiger partial charge in [0.05, 0.1) is 23.0 Å². The average molecular weight is 639 g/mol. The Labute approximate surface area is 257 Å². The van der Waals surface area contributed by atoms with Crippen LogP contribution in [0.5, 0.6) is 0 Å². The molecule has 1 heterocycles. The number of nitrogens with zero attached hydrogens (tertiary/aromatic N) is 2. The maximum atomic E-state index is 14.4. The fourth-order valence-electron chi connectivity index (χ4n) is 6.38. The van der Waals surface area contributed by atoms with E-state index >= 15 is 0 Å². The molecule has 2 aromatic carbocycles. The number of benzene rings is 2. The highest BCUT2D eigenvalue weighted by Gasteiger charge is 2.56. The van der Waals surface area contributed by atoms with E-state index in [-0.39, 0.29) is 18.5 Å². The van der Waals surface area contributed by atoms with E-state index in [9.17, 15) is 45.5 Å². The minimum absolute atomic E-state index is 0.0624. The van der Waals surface area contributed by atoms with Crippen molar-refractivity contribution in [2.45, 2.75) is 77.7 Å². The van der Waals surface area contributed by atoms with Crippen molar-refractivity contribution in [2.75, 3.05) is 11.9 Å². The first kappa shape index (κ1) is 34.2. The smallest absolute Gasteiger partial charge is 0.315 e. The lowest BCUT2D eigenvalue weighted by atomic mass is 9.69. The summed E-state index contributed by atoms with van der Waals surface area (Å²) >= 11 is 0. The molecule has 4 unspecified atom stereocenters. The van der Waals surface area contributed by atoms with Crippen molar-refractivity contribution in [3.05, 3.63) is 53.1 Å². The van der Waals surface area contributed by atoms with E-state index < -0.39 is 87.0 Å². The van der Waals surface area contributed by atoms with Crippen LogP contribution in [0.3, 0.4) is 0 Å². The summed E-state index contributed by atoms with van der Waals surface area (Å²) in [6.45, 7) is 10.1. The van der Waals surface area contributed by atoms with Crippen molar-refractivity contribution >= 4 is 29.7 Å². The Morgan fingerprint density at radius 1 is 0.800 bits per heavy atom. The van der Waals surface area contributed by atoms with Gasteiger partial charge in [0.2, 0.25) is 17.7 Å². The number of hydrogen-bond acceptors (Lipinski definition) is 4. The van der Waals surface area contributed by atoms with E-state index in [1.807, 2.05) is 0 Å². The minimum Gasteiger partial charge on any atom is -0.315 e. The standard InChI is InChI=1S/C33H36F6N2O4/c1-30(2,3)18-8-10-20(25(13-18)32(34,35)36)21-11-9-19(14-26(21)33(37,38)39)40(7)27(43)22-15-24-23(12-17(22)16-42)28(44)41(29(24)45)31(4,5)6/h8-11,13-14,16-17,22-24H,12,15H2,1-7H3. The summed E-state index contributed by atoms with van der Waals surface area (Å²) in [7, 11) is 1.20. The van der Waals surface area contributed by atoms with Gasteiger partial charge in [0, 0.05) is 30.1 Å². The normalized spacial score (nSPS) is 22.8. The molecule has 0 aromatic heterocycles. The van der Waals surface area contributed by atoms with Crippen molar-refractivity contribution < 1.29 is 45.5 Å². The quantitative estimate of drug-likeness (QED) is 0.201. The third-order valence-corrected chi connectivity index (χ3v) is 8.78. The maximum absolute atomic E-state index is 14.4. The lowest BCUT2D eigenvalue weighted by Crippen LogP contribution is -2.46. The third kappa shape index (κ3) is 6.37. The SMILES string of the molecule is CN(C(=O)C1CC2C(=O)N(C(C)(C)C)C(=O)C2CC1C=O)c1ccc(-c2ccc(C(C)(C)C)cc2C(F)(F)F)c(C(F)(F)F)c1. The molecule has 1 aliphatic carbocycles. The highest BCUT2D eigenvalue weighted by molar-refractivity contribution is 6.07. The molecule has 4 atom stereocenters. The van der Waals surface area contributed by atoms with Gasteiger partial charge in [0.1, 0.15) is 6.29 Å². The van der Waals surface area contributed by atoms with Gasteiger partial charge >= 0.3 is 12.4 Å². The second kappa shape index (κ2) is 11.3. The number of amides is 3. The molecule has 0 bridgehead atoms. The zero-order chi connectivity index (χ0) is 34.0. The molecular formula is C33H36F6N2O4. The maximum Gasteiger partial charge on any atom is 0.417 e. The Morgan fingerprint density at radius 3 is 1.76 bits per heavy atom. The second-order valence-corrected chi connectivity index (χ2v) is 13.9. The highest BCUT2D eigenvalue weighted by Crippen LogP contribution is 2.47. The lowest BCUT2D eigenvalue weighted by Gasteiger charge is -2.35. The van der Waals surface area contributed by atoms with E-state index in [0.717, 1.165) is 34.1 Å². The van der Waals surface area contributed by atoms with Gasteiger partial charge in [0.15, 0.2) is 0 Å². The summed E-state index contributed by atoms with van der Waals surface area (Å²) in [6, 6.07) is 5.87.